The van der Waals surface area contributed by atoms with E-state index in [1.54, 1.807) is 0 Å². The summed E-state index contributed by atoms with van der Waals surface area (Å²) in [5.74, 6) is 0.448. The summed E-state index contributed by atoms with van der Waals surface area (Å²) < 4.78 is 0. The minimum atomic E-state index is 0.331. The van der Waals surface area contributed by atoms with Crippen molar-refractivity contribution in [3.05, 3.63) is 52.2 Å². The predicted octanol–water partition coefficient (Wildman–Crippen LogP) is 5.24. The van der Waals surface area contributed by atoms with Crippen LogP contribution < -0.4 is 0 Å². The summed E-state index contributed by atoms with van der Waals surface area (Å²) in [5.41, 5.74) is 4.76. The molecule has 1 aromatic heterocycles. The maximum Gasteiger partial charge on any atom is 0.147 e. The van der Waals surface area contributed by atoms with Gasteiger partial charge in [-0.1, -0.05) is 54.3 Å². The molecule has 0 radical (unpaired) electrons. The van der Waals surface area contributed by atoms with Gasteiger partial charge in [-0.3, -0.25) is 0 Å². The van der Waals surface area contributed by atoms with E-state index in [0.29, 0.717) is 16.6 Å². The van der Waals surface area contributed by atoms with E-state index >= 15 is 0 Å². The van der Waals surface area contributed by atoms with Crippen LogP contribution in [0.1, 0.15) is 48.3 Å². The number of rotatable bonds is 2. The second-order valence-corrected chi connectivity index (χ2v) is 6.08. The molecule has 21 heavy (non-hydrogen) atoms. The van der Waals surface area contributed by atoms with Gasteiger partial charge in [-0.05, 0) is 37.3 Å². The first-order valence-electron chi connectivity index (χ1n) is 7.36. The van der Waals surface area contributed by atoms with E-state index in [-0.39, 0.29) is 0 Å². The highest BCUT2D eigenvalue weighted by molar-refractivity contribution is 6.30. The molecular weight excluding hydrogens is 280 g/mol. The number of aromatic nitrogens is 1. The summed E-state index contributed by atoms with van der Waals surface area (Å²) in [4.78, 5) is 4.42. The molecule has 3 rings (SSSR count). The van der Waals surface area contributed by atoms with E-state index in [4.69, 9.17) is 11.6 Å². The molecule has 1 fully saturated rings. The highest BCUT2D eigenvalue weighted by Crippen LogP contribution is 2.38. The number of benzene rings is 1. The van der Waals surface area contributed by atoms with Gasteiger partial charge < -0.3 is 0 Å². The molecule has 2 nitrogen and oxygen atoms in total. The van der Waals surface area contributed by atoms with Crippen molar-refractivity contribution in [2.75, 3.05) is 0 Å². The van der Waals surface area contributed by atoms with Crippen molar-refractivity contribution in [2.24, 2.45) is 0 Å². The highest BCUT2D eigenvalue weighted by Gasteiger charge is 2.23. The Morgan fingerprint density at radius 3 is 2.48 bits per heavy atom. The molecular formula is C18H17ClN2. The van der Waals surface area contributed by atoms with Gasteiger partial charge in [-0.2, -0.15) is 5.26 Å². The third kappa shape index (κ3) is 2.80. The van der Waals surface area contributed by atoms with E-state index < -0.39 is 0 Å². The van der Waals surface area contributed by atoms with Gasteiger partial charge in [-0.25, -0.2) is 4.98 Å². The van der Waals surface area contributed by atoms with Crippen LogP contribution >= 0.6 is 11.6 Å². The number of pyridine rings is 1. The number of aryl methyl sites for hydroxylation is 1. The lowest BCUT2D eigenvalue weighted by molar-refractivity contribution is 0.720. The topological polar surface area (TPSA) is 36.7 Å². The summed E-state index contributed by atoms with van der Waals surface area (Å²) >= 11 is 6.26. The van der Waals surface area contributed by atoms with Crippen molar-refractivity contribution >= 4 is 11.6 Å². The van der Waals surface area contributed by atoms with Crippen LogP contribution in [0.4, 0.5) is 0 Å². The van der Waals surface area contributed by atoms with E-state index in [9.17, 15) is 5.26 Å². The smallest absolute Gasteiger partial charge is 0.147 e. The molecule has 1 heterocycles. The molecule has 106 valence electrons. The molecule has 0 bridgehead atoms. The van der Waals surface area contributed by atoms with Crippen LogP contribution in [0.15, 0.2) is 30.3 Å². The highest BCUT2D eigenvalue weighted by atomic mass is 35.5. The fourth-order valence-corrected chi connectivity index (χ4v) is 3.32. The molecule has 0 atom stereocenters. The van der Waals surface area contributed by atoms with Crippen molar-refractivity contribution in [1.29, 1.82) is 5.26 Å². The van der Waals surface area contributed by atoms with Crippen LogP contribution in [-0.4, -0.2) is 4.98 Å². The minimum Gasteiger partial charge on any atom is -0.235 e. The molecule has 1 saturated carbocycles. The zero-order valence-electron chi connectivity index (χ0n) is 12.1. The van der Waals surface area contributed by atoms with E-state index in [0.717, 1.165) is 29.7 Å². The number of hydrogen-bond donors (Lipinski definition) is 0. The zero-order chi connectivity index (χ0) is 14.8. The molecule has 2 aromatic rings. The monoisotopic (exact) mass is 296 g/mol. The van der Waals surface area contributed by atoms with Crippen molar-refractivity contribution < 1.29 is 0 Å². The first-order valence-corrected chi connectivity index (χ1v) is 7.74. The first kappa shape index (κ1) is 14.1. The maximum absolute atomic E-state index is 9.38. The summed E-state index contributed by atoms with van der Waals surface area (Å²) in [6, 6.07) is 12.5. The molecule has 0 unspecified atom stereocenters. The average molecular weight is 297 g/mol. The largest absolute Gasteiger partial charge is 0.235 e. The number of nitrogens with zero attached hydrogens (tertiary/aromatic N) is 2. The van der Waals surface area contributed by atoms with Gasteiger partial charge in [0.15, 0.2) is 0 Å². The van der Waals surface area contributed by atoms with Gasteiger partial charge in [-0.15, -0.1) is 0 Å². The van der Waals surface area contributed by atoms with Crippen LogP contribution in [-0.2, 0) is 0 Å². The quantitative estimate of drug-likeness (QED) is 0.711. The Kier molecular flexibility index (Phi) is 3.94. The summed E-state index contributed by atoms with van der Waals surface area (Å²) in [6.45, 7) is 2.06. The Balaban J connectivity index is 2.10. The molecule has 0 N–H and O–H groups in total. The first-order chi connectivity index (χ1) is 10.2. The van der Waals surface area contributed by atoms with Crippen LogP contribution in [0.3, 0.4) is 0 Å². The van der Waals surface area contributed by atoms with Gasteiger partial charge in [0.05, 0.1) is 11.3 Å². The second-order valence-electron chi connectivity index (χ2n) is 5.72. The maximum atomic E-state index is 9.38. The Labute approximate surface area is 130 Å². The second kappa shape index (κ2) is 5.87. The molecule has 0 aliphatic heterocycles. The predicted molar refractivity (Wildman–Crippen MR) is 85.3 cm³/mol. The summed E-state index contributed by atoms with van der Waals surface area (Å²) in [5, 5.41) is 9.71. The van der Waals surface area contributed by atoms with E-state index in [2.05, 4.69) is 48.3 Å². The molecule has 0 spiro atoms. The van der Waals surface area contributed by atoms with Crippen molar-refractivity contribution in [3.63, 3.8) is 0 Å². The van der Waals surface area contributed by atoms with Gasteiger partial charge in [0.2, 0.25) is 0 Å². The Morgan fingerprint density at radius 1 is 1.19 bits per heavy atom. The fraction of sp³-hybridized carbons (Fsp3) is 0.333. The van der Waals surface area contributed by atoms with E-state index in [1.807, 2.05) is 0 Å². The summed E-state index contributed by atoms with van der Waals surface area (Å²) in [6.07, 6.45) is 4.75. The lowest BCUT2D eigenvalue weighted by atomic mass is 9.93. The fourth-order valence-electron chi connectivity index (χ4n) is 3.07. The van der Waals surface area contributed by atoms with Crippen LogP contribution in [0, 0.1) is 18.3 Å². The van der Waals surface area contributed by atoms with Gasteiger partial charge >= 0.3 is 0 Å². The molecule has 1 aromatic carbocycles. The Hall–Kier alpha value is -1.85. The SMILES string of the molecule is Cc1ccc(-c2cc(C3CCCC3)c(C#N)c(Cl)n2)cc1. The summed E-state index contributed by atoms with van der Waals surface area (Å²) in [7, 11) is 0. The van der Waals surface area contributed by atoms with Crippen molar-refractivity contribution in [2.45, 2.75) is 38.5 Å². The lowest BCUT2D eigenvalue weighted by Gasteiger charge is -2.14. The van der Waals surface area contributed by atoms with Crippen molar-refractivity contribution in [1.82, 2.24) is 4.98 Å². The van der Waals surface area contributed by atoms with Gasteiger partial charge in [0.25, 0.3) is 0 Å². The average Bonchev–Trinajstić information content (AvgIpc) is 3.01. The lowest BCUT2D eigenvalue weighted by Crippen LogP contribution is -2.00. The normalized spacial score (nSPS) is 15.1. The molecule has 0 amide bonds. The van der Waals surface area contributed by atoms with E-state index in [1.165, 1.54) is 18.4 Å². The third-order valence-corrected chi connectivity index (χ3v) is 4.53. The minimum absolute atomic E-state index is 0.331. The Morgan fingerprint density at radius 2 is 1.86 bits per heavy atom. The van der Waals surface area contributed by atoms with Crippen LogP contribution in [0.5, 0.6) is 0 Å². The van der Waals surface area contributed by atoms with Gasteiger partial charge in [0, 0.05) is 5.56 Å². The standard InChI is InChI=1S/C18H17ClN2/c1-12-6-8-14(9-7-12)17-10-15(13-4-2-3-5-13)16(11-20)18(19)21-17/h6-10,13H,2-5H2,1H3. The number of hydrogen-bond acceptors (Lipinski definition) is 2. The number of halogens is 1. The van der Waals surface area contributed by atoms with Gasteiger partial charge in [0.1, 0.15) is 11.2 Å². The third-order valence-electron chi connectivity index (χ3n) is 4.26. The zero-order valence-corrected chi connectivity index (χ0v) is 12.8. The molecule has 1 aliphatic rings. The number of nitriles is 1. The molecule has 0 saturated heterocycles. The molecule has 3 heteroatoms. The Bertz CT molecular complexity index is 692. The van der Waals surface area contributed by atoms with Crippen LogP contribution in [0.25, 0.3) is 11.3 Å². The van der Waals surface area contributed by atoms with Crippen LogP contribution in [0.2, 0.25) is 5.15 Å². The van der Waals surface area contributed by atoms with Crippen molar-refractivity contribution in [3.8, 4) is 17.3 Å². The molecule has 1 aliphatic carbocycles.